The van der Waals surface area contributed by atoms with Gasteiger partial charge in [0.05, 0.1) is 4.92 Å². The van der Waals surface area contributed by atoms with Crippen LogP contribution in [-0.2, 0) is 4.79 Å². The molecule has 0 aliphatic heterocycles. The van der Waals surface area contributed by atoms with Gasteiger partial charge < -0.3 is 10.6 Å². The van der Waals surface area contributed by atoms with Crippen LogP contribution >= 0.6 is 0 Å². The minimum absolute atomic E-state index is 0.0709. The van der Waals surface area contributed by atoms with Crippen molar-refractivity contribution >= 4 is 17.3 Å². The molecule has 2 rings (SSSR count). The molecule has 1 aromatic carbocycles. The first-order valence-electron chi connectivity index (χ1n) is 6.34. The number of non-ortho nitro benzene ring substituents is 1. The van der Waals surface area contributed by atoms with Crippen LogP contribution in [0.1, 0.15) is 13.3 Å². The summed E-state index contributed by atoms with van der Waals surface area (Å²) in [5, 5.41) is 16.4. The molecule has 0 radical (unpaired) electrons. The van der Waals surface area contributed by atoms with Crippen molar-refractivity contribution in [2.45, 2.75) is 13.3 Å². The molecule has 0 heterocycles. The average Bonchev–Trinajstić information content (AvgIpc) is 3.12. The van der Waals surface area contributed by atoms with E-state index in [9.17, 15) is 14.9 Å². The van der Waals surface area contributed by atoms with E-state index in [4.69, 9.17) is 0 Å². The van der Waals surface area contributed by atoms with E-state index < -0.39 is 4.92 Å². The zero-order chi connectivity index (χ0) is 13.8. The summed E-state index contributed by atoms with van der Waals surface area (Å²) in [6.45, 7) is 3.23. The second-order valence-electron chi connectivity index (χ2n) is 4.84. The van der Waals surface area contributed by atoms with Crippen LogP contribution in [0, 0.1) is 22.0 Å². The Morgan fingerprint density at radius 1 is 1.37 bits per heavy atom. The Hall–Kier alpha value is -2.11. The van der Waals surface area contributed by atoms with Crippen LogP contribution in [0.25, 0.3) is 0 Å². The maximum atomic E-state index is 11.5. The lowest BCUT2D eigenvalue weighted by molar-refractivity contribution is -0.384. The number of rotatable bonds is 6. The van der Waals surface area contributed by atoms with E-state index in [-0.39, 0.29) is 17.5 Å². The van der Waals surface area contributed by atoms with Gasteiger partial charge in [0.1, 0.15) is 0 Å². The van der Waals surface area contributed by atoms with Crippen LogP contribution < -0.4 is 10.6 Å². The van der Waals surface area contributed by atoms with Gasteiger partial charge >= 0.3 is 0 Å². The molecule has 1 fully saturated rings. The van der Waals surface area contributed by atoms with Gasteiger partial charge in [-0.3, -0.25) is 14.9 Å². The minimum Gasteiger partial charge on any atom is -0.383 e. The first-order valence-corrected chi connectivity index (χ1v) is 6.34. The molecule has 1 amide bonds. The number of carbonyl (C=O) groups excluding carboxylic acids is 1. The van der Waals surface area contributed by atoms with E-state index in [0.29, 0.717) is 19.0 Å². The number of anilines is 1. The first kappa shape index (κ1) is 13.3. The second kappa shape index (κ2) is 5.69. The Balaban J connectivity index is 1.68. The van der Waals surface area contributed by atoms with Crippen molar-refractivity contribution in [2.75, 3.05) is 18.4 Å². The van der Waals surface area contributed by atoms with Gasteiger partial charge in [0.15, 0.2) is 0 Å². The van der Waals surface area contributed by atoms with E-state index in [1.807, 2.05) is 0 Å². The Kier molecular flexibility index (Phi) is 3.99. The number of nitrogens with zero attached hydrogens (tertiary/aromatic N) is 1. The third-order valence-corrected chi connectivity index (χ3v) is 3.28. The zero-order valence-electron chi connectivity index (χ0n) is 10.8. The normalized spacial score (nSPS) is 20.7. The van der Waals surface area contributed by atoms with E-state index in [1.54, 1.807) is 12.1 Å². The summed E-state index contributed by atoms with van der Waals surface area (Å²) < 4.78 is 0. The molecule has 19 heavy (non-hydrogen) atoms. The molecule has 1 aliphatic rings. The molecule has 0 aromatic heterocycles. The van der Waals surface area contributed by atoms with Crippen LogP contribution in [0.15, 0.2) is 24.3 Å². The second-order valence-corrected chi connectivity index (χ2v) is 4.84. The number of nitrogens with one attached hydrogen (secondary N) is 2. The maximum Gasteiger partial charge on any atom is 0.269 e. The van der Waals surface area contributed by atoms with Gasteiger partial charge in [-0.05, 0) is 24.5 Å². The van der Waals surface area contributed by atoms with Crippen LogP contribution in [0.3, 0.4) is 0 Å². The predicted molar refractivity (Wildman–Crippen MR) is 71.9 cm³/mol. The number of nitro groups is 1. The lowest BCUT2D eigenvalue weighted by atomic mass is 10.3. The number of amides is 1. The highest BCUT2D eigenvalue weighted by molar-refractivity contribution is 5.81. The quantitative estimate of drug-likeness (QED) is 0.465. The highest BCUT2D eigenvalue weighted by Gasteiger charge is 2.38. The van der Waals surface area contributed by atoms with Crippen LogP contribution in [0.4, 0.5) is 11.4 Å². The average molecular weight is 263 g/mol. The van der Waals surface area contributed by atoms with E-state index in [2.05, 4.69) is 17.6 Å². The smallest absolute Gasteiger partial charge is 0.269 e. The topological polar surface area (TPSA) is 84.3 Å². The Labute approximate surface area is 111 Å². The van der Waals surface area contributed by atoms with Gasteiger partial charge in [0.2, 0.25) is 5.91 Å². The summed E-state index contributed by atoms with van der Waals surface area (Å²) >= 11 is 0. The summed E-state index contributed by atoms with van der Waals surface area (Å²) in [6, 6.07) is 6.21. The van der Waals surface area contributed by atoms with Gasteiger partial charge in [-0.1, -0.05) is 6.92 Å². The van der Waals surface area contributed by atoms with Crippen molar-refractivity contribution in [3.63, 3.8) is 0 Å². The summed E-state index contributed by atoms with van der Waals surface area (Å²) in [7, 11) is 0. The van der Waals surface area contributed by atoms with Gasteiger partial charge in [0.25, 0.3) is 5.69 Å². The largest absolute Gasteiger partial charge is 0.383 e. The van der Waals surface area contributed by atoms with Crippen molar-refractivity contribution < 1.29 is 9.72 Å². The molecular formula is C13H17N3O3. The number of benzene rings is 1. The molecule has 1 aliphatic carbocycles. The van der Waals surface area contributed by atoms with Gasteiger partial charge in [-0.2, -0.15) is 0 Å². The maximum absolute atomic E-state index is 11.5. The molecule has 2 atom stereocenters. The van der Waals surface area contributed by atoms with Gasteiger partial charge in [-0.25, -0.2) is 0 Å². The Bertz CT molecular complexity index is 473. The predicted octanol–water partition coefficient (Wildman–Crippen LogP) is 1.78. The molecule has 102 valence electrons. The summed E-state index contributed by atoms with van der Waals surface area (Å²) in [5.74, 6) is 0.833. The standard InChI is InChI=1S/C13H17N3O3/c1-9-8-12(9)13(17)15-7-6-14-10-2-4-11(5-3-10)16(18)19/h2-5,9,12,14H,6-8H2,1H3,(H,15,17). The molecule has 0 saturated heterocycles. The third-order valence-electron chi connectivity index (χ3n) is 3.28. The molecule has 2 N–H and O–H groups in total. The summed E-state index contributed by atoms with van der Waals surface area (Å²) in [6.07, 6.45) is 0.988. The first-order chi connectivity index (χ1) is 9.08. The molecule has 0 spiro atoms. The zero-order valence-corrected chi connectivity index (χ0v) is 10.8. The Morgan fingerprint density at radius 3 is 2.53 bits per heavy atom. The van der Waals surface area contributed by atoms with E-state index in [0.717, 1.165) is 12.1 Å². The SMILES string of the molecule is CC1CC1C(=O)NCCNc1ccc([N+](=O)[O-])cc1. The molecule has 1 aromatic rings. The molecule has 6 heteroatoms. The number of nitro benzene ring substituents is 1. The van der Waals surface area contributed by atoms with Crippen molar-refractivity contribution in [1.82, 2.24) is 5.32 Å². The van der Waals surface area contributed by atoms with Crippen molar-refractivity contribution in [2.24, 2.45) is 11.8 Å². The fourth-order valence-electron chi connectivity index (χ4n) is 1.91. The lowest BCUT2D eigenvalue weighted by Crippen LogP contribution is -2.30. The van der Waals surface area contributed by atoms with Gasteiger partial charge in [0, 0.05) is 36.8 Å². The number of hydrogen-bond donors (Lipinski definition) is 2. The number of hydrogen-bond acceptors (Lipinski definition) is 4. The molecule has 6 nitrogen and oxygen atoms in total. The van der Waals surface area contributed by atoms with Crippen molar-refractivity contribution in [3.8, 4) is 0 Å². The van der Waals surface area contributed by atoms with Crippen molar-refractivity contribution in [1.29, 1.82) is 0 Å². The lowest BCUT2D eigenvalue weighted by Gasteiger charge is -2.07. The Morgan fingerprint density at radius 2 is 2.00 bits per heavy atom. The monoisotopic (exact) mass is 263 g/mol. The molecule has 1 saturated carbocycles. The minimum atomic E-state index is -0.430. The molecule has 2 unspecified atom stereocenters. The molecule has 0 bridgehead atoms. The van der Waals surface area contributed by atoms with Crippen LogP contribution in [0.2, 0.25) is 0 Å². The van der Waals surface area contributed by atoms with E-state index >= 15 is 0 Å². The third kappa shape index (κ3) is 3.67. The van der Waals surface area contributed by atoms with E-state index in [1.165, 1.54) is 12.1 Å². The highest BCUT2D eigenvalue weighted by atomic mass is 16.6. The number of carbonyl (C=O) groups is 1. The van der Waals surface area contributed by atoms with Gasteiger partial charge in [-0.15, -0.1) is 0 Å². The van der Waals surface area contributed by atoms with Crippen molar-refractivity contribution in [3.05, 3.63) is 34.4 Å². The fraction of sp³-hybridized carbons (Fsp3) is 0.462. The highest BCUT2D eigenvalue weighted by Crippen LogP contribution is 2.37. The summed E-state index contributed by atoms with van der Waals surface area (Å²) in [5.41, 5.74) is 0.876. The fourth-order valence-corrected chi connectivity index (χ4v) is 1.91. The summed E-state index contributed by atoms with van der Waals surface area (Å²) in [4.78, 5) is 21.6. The van der Waals surface area contributed by atoms with Crippen LogP contribution in [-0.4, -0.2) is 23.9 Å². The van der Waals surface area contributed by atoms with Crippen LogP contribution in [0.5, 0.6) is 0 Å². The molecular weight excluding hydrogens is 246 g/mol.